The van der Waals surface area contributed by atoms with Crippen molar-refractivity contribution in [3.63, 3.8) is 0 Å². The number of thiazole rings is 1. The molecule has 23 heavy (non-hydrogen) atoms. The number of aromatic nitrogens is 1. The third-order valence-electron chi connectivity index (χ3n) is 3.89. The Morgan fingerprint density at radius 3 is 2.74 bits per heavy atom. The first-order valence-electron chi connectivity index (χ1n) is 7.85. The monoisotopic (exact) mass is 348 g/mol. The molecule has 1 N–H and O–H groups in total. The zero-order valence-corrected chi connectivity index (χ0v) is 14.5. The van der Waals surface area contributed by atoms with E-state index in [1.807, 2.05) is 35.7 Å². The van der Waals surface area contributed by atoms with Crippen molar-refractivity contribution < 1.29 is 9.00 Å². The van der Waals surface area contributed by atoms with Gasteiger partial charge in [-0.15, -0.1) is 11.3 Å². The van der Waals surface area contributed by atoms with Gasteiger partial charge in [-0.2, -0.15) is 0 Å². The Kier molecular flexibility index (Phi) is 5.56. The number of benzene rings is 1. The molecule has 1 aliphatic rings. The molecule has 1 aliphatic carbocycles. The lowest BCUT2D eigenvalue weighted by Crippen LogP contribution is -2.35. The van der Waals surface area contributed by atoms with Crippen molar-refractivity contribution in [2.45, 2.75) is 37.5 Å². The van der Waals surface area contributed by atoms with Crippen LogP contribution in [0, 0.1) is 0 Å². The van der Waals surface area contributed by atoms with E-state index in [4.69, 9.17) is 0 Å². The van der Waals surface area contributed by atoms with Gasteiger partial charge in [0.05, 0.1) is 11.4 Å². The minimum absolute atomic E-state index is 0.0642. The van der Waals surface area contributed by atoms with Crippen LogP contribution in [0.5, 0.6) is 0 Å². The Balaban J connectivity index is 1.52. The molecule has 1 fully saturated rings. The Morgan fingerprint density at radius 2 is 2.00 bits per heavy atom. The summed E-state index contributed by atoms with van der Waals surface area (Å²) >= 11 is 1.54. The molecule has 0 aliphatic heterocycles. The number of rotatable bonds is 6. The quantitative estimate of drug-likeness (QED) is 0.872. The van der Waals surface area contributed by atoms with Gasteiger partial charge in [-0.25, -0.2) is 4.98 Å². The van der Waals surface area contributed by atoms with Gasteiger partial charge in [0, 0.05) is 27.8 Å². The van der Waals surface area contributed by atoms with E-state index in [-0.39, 0.29) is 17.7 Å². The first-order valence-corrected chi connectivity index (χ1v) is 10.2. The van der Waals surface area contributed by atoms with Crippen molar-refractivity contribution in [3.8, 4) is 10.6 Å². The second-order valence-corrected chi connectivity index (χ2v) is 8.10. The van der Waals surface area contributed by atoms with Crippen molar-refractivity contribution in [2.24, 2.45) is 0 Å². The average Bonchev–Trinajstić information content (AvgIpc) is 3.20. The molecule has 3 rings (SSSR count). The number of amides is 1. The van der Waals surface area contributed by atoms with Crippen LogP contribution in [0.15, 0.2) is 35.7 Å². The predicted molar refractivity (Wildman–Crippen MR) is 94.7 cm³/mol. The molecule has 0 bridgehead atoms. The van der Waals surface area contributed by atoms with Gasteiger partial charge in [0.25, 0.3) is 0 Å². The molecule has 6 heteroatoms. The van der Waals surface area contributed by atoms with E-state index in [1.54, 1.807) is 11.3 Å². The molecule has 1 aromatic heterocycles. The van der Waals surface area contributed by atoms with Gasteiger partial charge in [-0.05, 0) is 12.8 Å². The zero-order chi connectivity index (χ0) is 16.1. The van der Waals surface area contributed by atoms with E-state index in [2.05, 4.69) is 10.3 Å². The summed E-state index contributed by atoms with van der Waals surface area (Å²) in [5.41, 5.74) is 1.86. The molecular formula is C17H20N2O2S2. The van der Waals surface area contributed by atoms with Crippen LogP contribution in [-0.4, -0.2) is 26.9 Å². The molecule has 0 unspecified atom stereocenters. The van der Waals surface area contributed by atoms with E-state index in [1.165, 1.54) is 12.8 Å². The Bertz CT molecular complexity index is 679. The van der Waals surface area contributed by atoms with Crippen molar-refractivity contribution in [3.05, 3.63) is 41.4 Å². The molecule has 4 nitrogen and oxygen atoms in total. The number of hydrogen-bond acceptors (Lipinski definition) is 4. The van der Waals surface area contributed by atoms with Crippen molar-refractivity contribution in [1.29, 1.82) is 0 Å². The second kappa shape index (κ2) is 7.84. The summed E-state index contributed by atoms with van der Waals surface area (Å²) in [5, 5.41) is 5.83. The number of nitrogens with one attached hydrogen (secondary N) is 1. The molecule has 1 amide bonds. The van der Waals surface area contributed by atoms with Crippen LogP contribution in [0.3, 0.4) is 0 Å². The maximum Gasteiger partial charge on any atom is 0.232 e. The molecular weight excluding hydrogens is 328 g/mol. The molecule has 2 aromatic rings. The van der Waals surface area contributed by atoms with Gasteiger partial charge in [-0.1, -0.05) is 43.2 Å². The number of nitrogens with zero attached hydrogens (tertiary/aromatic N) is 1. The lowest BCUT2D eigenvalue weighted by Gasteiger charge is -2.11. The van der Waals surface area contributed by atoms with Gasteiger partial charge in [0.15, 0.2) is 0 Å². The van der Waals surface area contributed by atoms with Crippen LogP contribution >= 0.6 is 11.3 Å². The minimum atomic E-state index is -1.21. The molecule has 1 saturated carbocycles. The first-order chi connectivity index (χ1) is 11.2. The van der Waals surface area contributed by atoms with Crippen LogP contribution in [0.1, 0.15) is 31.4 Å². The summed E-state index contributed by atoms with van der Waals surface area (Å²) in [6.45, 7) is 0. The first kappa shape index (κ1) is 16.3. The van der Waals surface area contributed by atoms with E-state index < -0.39 is 10.8 Å². The average molecular weight is 348 g/mol. The minimum Gasteiger partial charge on any atom is -0.353 e. The number of hydrogen-bond donors (Lipinski definition) is 1. The highest BCUT2D eigenvalue weighted by Crippen LogP contribution is 2.23. The van der Waals surface area contributed by atoms with Gasteiger partial charge in [-0.3, -0.25) is 9.00 Å². The van der Waals surface area contributed by atoms with Crippen molar-refractivity contribution >= 4 is 28.0 Å². The summed E-state index contributed by atoms with van der Waals surface area (Å²) < 4.78 is 12.2. The Hall–Kier alpha value is -1.53. The van der Waals surface area contributed by atoms with Crippen LogP contribution < -0.4 is 5.32 Å². The van der Waals surface area contributed by atoms with Gasteiger partial charge in [0.2, 0.25) is 5.91 Å². The van der Waals surface area contributed by atoms with Crippen LogP contribution in [0.4, 0.5) is 0 Å². The van der Waals surface area contributed by atoms with E-state index >= 15 is 0 Å². The summed E-state index contributed by atoms with van der Waals surface area (Å²) in [7, 11) is -1.21. The molecule has 0 saturated heterocycles. The molecule has 1 atom stereocenters. The third kappa shape index (κ3) is 4.72. The van der Waals surface area contributed by atoms with Crippen LogP contribution in [-0.2, 0) is 21.3 Å². The standard InChI is InChI=1S/C17H20N2O2S2/c20-16(18-14-8-4-5-9-14)12-23(21)11-15-10-22-17(19-15)13-6-2-1-3-7-13/h1-3,6-7,10,14H,4-5,8-9,11-12H2,(H,18,20)/t23-/m0/s1. The maximum atomic E-state index is 12.2. The molecule has 1 aromatic carbocycles. The van der Waals surface area contributed by atoms with E-state index in [9.17, 15) is 9.00 Å². The largest absolute Gasteiger partial charge is 0.353 e. The van der Waals surface area contributed by atoms with Gasteiger partial charge >= 0.3 is 0 Å². The zero-order valence-electron chi connectivity index (χ0n) is 12.9. The Labute approximate surface area is 142 Å². The summed E-state index contributed by atoms with van der Waals surface area (Å²) in [4.78, 5) is 16.4. The molecule has 0 spiro atoms. The fourth-order valence-electron chi connectivity index (χ4n) is 2.79. The van der Waals surface area contributed by atoms with Gasteiger partial charge in [0.1, 0.15) is 10.8 Å². The lowest BCUT2D eigenvalue weighted by molar-refractivity contribution is -0.119. The second-order valence-electron chi connectivity index (χ2n) is 5.79. The van der Waals surface area contributed by atoms with E-state index in [0.717, 1.165) is 29.1 Å². The fourth-order valence-corrected chi connectivity index (χ4v) is 4.68. The number of carbonyl (C=O) groups is 1. The number of carbonyl (C=O) groups excluding carboxylic acids is 1. The summed E-state index contributed by atoms with van der Waals surface area (Å²) in [5.74, 6) is 0.296. The van der Waals surface area contributed by atoms with Crippen molar-refractivity contribution in [1.82, 2.24) is 10.3 Å². The predicted octanol–water partition coefficient (Wildman–Crippen LogP) is 3.12. The lowest BCUT2D eigenvalue weighted by atomic mass is 10.2. The normalized spacial score (nSPS) is 16.3. The van der Waals surface area contributed by atoms with Gasteiger partial charge < -0.3 is 5.32 Å². The van der Waals surface area contributed by atoms with Crippen molar-refractivity contribution in [2.75, 3.05) is 5.75 Å². The van der Waals surface area contributed by atoms with E-state index in [0.29, 0.717) is 5.75 Å². The maximum absolute atomic E-state index is 12.2. The smallest absolute Gasteiger partial charge is 0.232 e. The topological polar surface area (TPSA) is 59.1 Å². The fraction of sp³-hybridized carbons (Fsp3) is 0.412. The van der Waals surface area contributed by atoms with Crippen LogP contribution in [0.25, 0.3) is 10.6 Å². The Morgan fingerprint density at radius 1 is 1.26 bits per heavy atom. The third-order valence-corrected chi connectivity index (χ3v) is 6.04. The molecule has 0 radical (unpaired) electrons. The summed E-state index contributed by atoms with van der Waals surface area (Å²) in [6, 6.07) is 10.2. The SMILES string of the molecule is O=C(C[S@@](=O)Cc1csc(-c2ccccc2)n1)NC1CCCC1. The molecule has 122 valence electrons. The van der Waals surface area contributed by atoms with Crippen LogP contribution in [0.2, 0.25) is 0 Å². The molecule has 1 heterocycles. The highest BCUT2D eigenvalue weighted by atomic mass is 32.2. The summed E-state index contributed by atoms with van der Waals surface area (Å²) in [6.07, 6.45) is 4.44. The highest BCUT2D eigenvalue weighted by Gasteiger charge is 2.18. The highest BCUT2D eigenvalue weighted by molar-refractivity contribution is 7.84.